The van der Waals surface area contributed by atoms with Crippen molar-refractivity contribution in [2.75, 3.05) is 0 Å². The molecule has 2 heterocycles. The number of rotatable bonds is 2. The van der Waals surface area contributed by atoms with Gasteiger partial charge < -0.3 is 0 Å². The predicted molar refractivity (Wildman–Crippen MR) is 64.5 cm³/mol. The number of pyridine rings is 1. The number of allylic oxidation sites excluding steroid dienone is 1. The molecular formula is C12H11ClF2N2. The molecule has 90 valence electrons. The minimum Gasteiger partial charge on any atom is -0.298 e. The number of hydrogen-bond acceptors (Lipinski definition) is 1. The molecule has 0 fully saturated rings. The molecule has 17 heavy (non-hydrogen) atoms. The van der Waals surface area contributed by atoms with Gasteiger partial charge in [-0.05, 0) is 18.6 Å². The van der Waals surface area contributed by atoms with Crippen molar-refractivity contribution in [1.29, 1.82) is 0 Å². The molecule has 2 rings (SSSR count). The summed E-state index contributed by atoms with van der Waals surface area (Å²) in [6.07, 6.45) is 2.92. The molecule has 0 aromatic carbocycles. The summed E-state index contributed by atoms with van der Waals surface area (Å²) in [5, 5.41) is 0.205. The van der Waals surface area contributed by atoms with Gasteiger partial charge in [-0.15, -0.1) is 0 Å². The Morgan fingerprint density at radius 3 is 2.71 bits per heavy atom. The Balaban J connectivity index is 2.78. The van der Waals surface area contributed by atoms with Gasteiger partial charge in [0.1, 0.15) is 0 Å². The quantitative estimate of drug-likeness (QED) is 0.790. The minimum absolute atomic E-state index is 0.143. The van der Waals surface area contributed by atoms with Crippen molar-refractivity contribution in [3.63, 3.8) is 0 Å². The van der Waals surface area contributed by atoms with Crippen LogP contribution in [0.5, 0.6) is 0 Å². The second-order valence-electron chi connectivity index (χ2n) is 4.08. The fourth-order valence-corrected chi connectivity index (χ4v) is 1.86. The summed E-state index contributed by atoms with van der Waals surface area (Å²) in [6.45, 7) is 6.40. The van der Waals surface area contributed by atoms with Crippen molar-refractivity contribution >= 4 is 22.8 Å². The molecule has 0 aliphatic rings. The van der Waals surface area contributed by atoms with E-state index in [2.05, 4.69) is 11.6 Å². The first-order chi connectivity index (χ1) is 7.80. The van der Waals surface area contributed by atoms with Gasteiger partial charge in [0.05, 0.1) is 16.9 Å². The third-order valence-corrected chi connectivity index (χ3v) is 2.78. The summed E-state index contributed by atoms with van der Waals surface area (Å²) >= 11 is 5.94. The van der Waals surface area contributed by atoms with Crippen molar-refractivity contribution in [3.05, 3.63) is 41.3 Å². The molecule has 0 saturated heterocycles. The highest BCUT2D eigenvalue weighted by molar-refractivity contribution is 6.33. The third-order valence-electron chi connectivity index (χ3n) is 2.51. The molecule has 0 saturated carbocycles. The van der Waals surface area contributed by atoms with E-state index < -0.39 is 5.92 Å². The number of fused-ring (bicyclic) bond motifs is 1. The summed E-state index contributed by atoms with van der Waals surface area (Å²) in [4.78, 5) is 4.09. The highest BCUT2D eigenvalue weighted by atomic mass is 35.5. The van der Waals surface area contributed by atoms with Crippen molar-refractivity contribution < 1.29 is 8.78 Å². The Kier molecular flexibility index (Phi) is 2.70. The smallest absolute Gasteiger partial charge is 0.271 e. The van der Waals surface area contributed by atoms with Crippen LogP contribution in [0.1, 0.15) is 25.1 Å². The van der Waals surface area contributed by atoms with Gasteiger partial charge in [0.15, 0.2) is 5.65 Å². The van der Waals surface area contributed by atoms with Gasteiger partial charge in [-0.25, -0.2) is 13.8 Å². The van der Waals surface area contributed by atoms with Crippen LogP contribution in [0.2, 0.25) is 5.02 Å². The van der Waals surface area contributed by atoms with E-state index in [-0.39, 0.29) is 10.6 Å². The average molecular weight is 257 g/mol. The number of nitrogens with zero attached hydrogens (tertiary/aromatic N) is 2. The van der Waals surface area contributed by atoms with Crippen molar-refractivity contribution in [1.82, 2.24) is 9.38 Å². The number of aromatic nitrogens is 2. The number of hydrogen-bond donors (Lipinski definition) is 0. The summed E-state index contributed by atoms with van der Waals surface area (Å²) < 4.78 is 28.1. The van der Waals surface area contributed by atoms with Crippen LogP contribution in [-0.4, -0.2) is 9.38 Å². The summed E-state index contributed by atoms with van der Waals surface area (Å²) in [7, 11) is 0. The molecule has 0 spiro atoms. The van der Waals surface area contributed by atoms with Gasteiger partial charge in [0.2, 0.25) is 0 Å². The van der Waals surface area contributed by atoms with Gasteiger partial charge >= 0.3 is 0 Å². The first-order valence-electron chi connectivity index (χ1n) is 5.01. The van der Waals surface area contributed by atoms with Crippen LogP contribution in [-0.2, 0) is 5.92 Å². The molecule has 0 N–H and O–H groups in total. The first kappa shape index (κ1) is 12.0. The Bertz CT molecular complexity index is 596. The molecule has 0 bridgehead atoms. The Hall–Kier alpha value is -1.42. The zero-order valence-electron chi connectivity index (χ0n) is 9.47. The zero-order valence-corrected chi connectivity index (χ0v) is 10.2. The standard InChI is InChI=1S/C12H11ClF2N2/c1-7(2)10-5-16-11-9(13)4-8(6-17(10)11)12(3,14)15/h4-6H,1H2,2-3H3. The van der Waals surface area contributed by atoms with E-state index in [1.807, 2.05) is 0 Å². The molecular weight excluding hydrogens is 246 g/mol. The number of halogens is 3. The van der Waals surface area contributed by atoms with Gasteiger partial charge in [-0.3, -0.25) is 4.40 Å². The van der Waals surface area contributed by atoms with E-state index >= 15 is 0 Å². The highest BCUT2D eigenvalue weighted by Gasteiger charge is 2.26. The monoisotopic (exact) mass is 256 g/mol. The van der Waals surface area contributed by atoms with E-state index in [1.54, 1.807) is 13.1 Å². The summed E-state index contributed by atoms with van der Waals surface area (Å²) in [5.41, 5.74) is 1.73. The second-order valence-corrected chi connectivity index (χ2v) is 4.49. The molecule has 2 nitrogen and oxygen atoms in total. The van der Waals surface area contributed by atoms with Crippen LogP contribution < -0.4 is 0 Å². The fourth-order valence-electron chi connectivity index (χ4n) is 1.60. The van der Waals surface area contributed by atoms with Gasteiger partial charge in [0, 0.05) is 18.7 Å². The van der Waals surface area contributed by atoms with Crippen LogP contribution in [0.15, 0.2) is 25.0 Å². The zero-order chi connectivity index (χ0) is 12.8. The second kappa shape index (κ2) is 3.81. The summed E-state index contributed by atoms with van der Waals surface area (Å²) in [6, 6.07) is 1.24. The minimum atomic E-state index is -2.94. The Labute approximate surface area is 103 Å². The maximum absolute atomic E-state index is 13.3. The number of imidazole rings is 1. The molecule has 0 amide bonds. The van der Waals surface area contributed by atoms with E-state index in [0.29, 0.717) is 11.3 Å². The SMILES string of the molecule is C=C(C)c1cnc2c(Cl)cc(C(C)(F)F)cn12. The molecule has 0 atom stereocenters. The third kappa shape index (κ3) is 2.05. The predicted octanol–water partition coefficient (Wildman–Crippen LogP) is 4.13. The van der Waals surface area contributed by atoms with Crippen molar-refractivity contribution in [2.24, 2.45) is 0 Å². The lowest BCUT2D eigenvalue weighted by molar-refractivity contribution is 0.0170. The Morgan fingerprint density at radius 2 is 2.18 bits per heavy atom. The first-order valence-corrected chi connectivity index (χ1v) is 5.39. The average Bonchev–Trinajstić information content (AvgIpc) is 2.60. The molecule has 0 radical (unpaired) electrons. The highest BCUT2D eigenvalue weighted by Crippen LogP contribution is 2.31. The molecule has 2 aromatic rings. The van der Waals surface area contributed by atoms with Crippen LogP contribution in [0.3, 0.4) is 0 Å². The maximum Gasteiger partial charge on any atom is 0.271 e. The molecule has 5 heteroatoms. The largest absolute Gasteiger partial charge is 0.298 e. The van der Waals surface area contributed by atoms with E-state index in [4.69, 9.17) is 11.6 Å². The maximum atomic E-state index is 13.3. The van der Waals surface area contributed by atoms with E-state index in [1.165, 1.54) is 16.7 Å². The van der Waals surface area contributed by atoms with Gasteiger partial charge in [0.25, 0.3) is 5.92 Å². The topological polar surface area (TPSA) is 17.3 Å². The normalized spacial score (nSPS) is 12.1. The lowest BCUT2D eigenvalue weighted by Gasteiger charge is -2.12. The lowest BCUT2D eigenvalue weighted by Crippen LogP contribution is -2.09. The molecule has 0 unspecified atom stereocenters. The fraction of sp³-hybridized carbons (Fsp3) is 0.250. The van der Waals surface area contributed by atoms with Crippen LogP contribution in [0.25, 0.3) is 11.2 Å². The van der Waals surface area contributed by atoms with Crippen LogP contribution in [0, 0.1) is 0 Å². The van der Waals surface area contributed by atoms with Crippen molar-refractivity contribution in [2.45, 2.75) is 19.8 Å². The Morgan fingerprint density at radius 1 is 1.53 bits per heavy atom. The number of alkyl halides is 2. The molecule has 2 aromatic heterocycles. The van der Waals surface area contributed by atoms with Crippen LogP contribution in [0.4, 0.5) is 8.78 Å². The van der Waals surface area contributed by atoms with Gasteiger partial charge in [-0.2, -0.15) is 0 Å². The lowest BCUT2D eigenvalue weighted by atomic mass is 10.1. The van der Waals surface area contributed by atoms with E-state index in [0.717, 1.165) is 12.5 Å². The molecule has 0 aliphatic heterocycles. The van der Waals surface area contributed by atoms with Crippen molar-refractivity contribution in [3.8, 4) is 0 Å². The van der Waals surface area contributed by atoms with E-state index in [9.17, 15) is 8.78 Å². The van der Waals surface area contributed by atoms with Crippen LogP contribution >= 0.6 is 11.6 Å². The van der Waals surface area contributed by atoms with Gasteiger partial charge in [-0.1, -0.05) is 18.2 Å². The molecule has 0 aliphatic carbocycles. The summed E-state index contributed by atoms with van der Waals surface area (Å²) in [5.74, 6) is -2.94.